The topological polar surface area (TPSA) is 63.5 Å². The maximum atomic E-state index is 12.4. The number of carbonyl (C=O) groups is 1. The van der Waals surface area contributed by atoms with E-state index in [9.17, 15) is 14.9 Å². The Bertz CT molecular complexity index is 1100. The van der Waals surface area contributed by atoms with Crippen LogP contribution in [0.4, 0.5) is 11.4 Å². The van der Waals surface area contributed by atoms with Crippen LogP contribution in [0, 0.1) is 10.1 Å². The minimum atomic E-state index is -0.442. The van der Waals surface area contributed by atoms with Gasteiger partial charge in [0.05, 0.1) is 17.2 Å². The molecule has 0 N–H and O–H groups in total. The van der Waals surface area contributed by atoms with Gasteiger partial charge in [-0.3, -0.25) is 14.9 Å². The van der Waals surface area contributed by atoms with E-state index in [1.165, 1.54) is 19.1 Å². The molecule has 0 spiro atoms. The Morgan fingerprint density at radius 2 is 1.64 bits per heavy atom. The fourth-order valence-corrected chi connectivity index (χ4v) is 3.45. The molecule has 1 amide bonds. The summed E-state index contributed by atoms with van der Waals surface area (Å²) in [6.45, 7) is 1.83. The van der Waals surface area contributed by atoms with E-state index in [1.54, 1.807) is 11.0 Å². The maximum Gasteiger partial charge on any atom is 0.271 e. The number of non-ortho nitro benzene ring substituents is 1. The summed E-state index contributed by atoms with van der Waals surface area (Å²) in [5.41, 5.74) is 5.47. The molecule has 138 valence electrons. The molecule has 3 aromatic carbocycles. The number of hydrogen-bond donors (Lipinski definition) is 0. The van der Waals surface area contributed by atoms with Gasteiger partial charge < -0.3 is 4.90 Å². The molecule has 0 saturated carbocycles. The second-order valence-electron chi connectivity index (χ2n) is 6.72. The van der Waals surface area contributed by atoms with Crippen molar-refractivity contribution in [2.24, 2.45) is 0 Å². The van der Waals surface area contributed by atoms with E-state index >= 15 is 0 Å². The molecule has 1 aliphatic rings. The average molecular weight is 370 g/mol. The zero-order valence-corrected chi connectivity index (χ0v) is 15.3. The predicted molar refractivity (Wildman–Crippen MR) is 111 cm³/mol. The standard InChI is InChI=1S/C23H18N2O3/c1-16(26)24-15-21-13-20(17-5-3-2-4-6-17)10-8-18(21)7-9-19-11-12-22(25(27)28)14-23(19)24/h2-14H,15H2,1H3/b9-7-. The van der Waals surface area contributed by atoms with E-state index in [0.717, 1.165) is 27.8 Å². The maximum absolute atomic E-state index is 12.4. The Labute approximate surface area is 162 Å². The number of nitrogens with zero attached hydrogens (tertiary/aromatic N) is 2. The molecule has 0 aromatic heterocycles. The number of rotatable bonds is 2. The average Bonchev–Trinajstić information content (AvgIpc) is 2.69. The molecule has 3 aromatic rings. The van der Waals surface area contributed by atoms with Crippen LogP contribution in [0.25, 0.3) is 23.3 Å². The second kappa shape index (κ2) is 7.12. The quantitative estimate of drug-likeness (QED) is 0.454. The Balaban J connectivity index is 1.84. The number of fused-ring (bicyclic) bond motifs is 2. The highest BCUT2D eigenvalue weighted by Gasteiger charge is 2.21. The molecule has 0 bridgehead atoms. The van der Waals surface area contributed by atoms with E-state index in [2.05, 4.69) is 12.1 Å². The van der Waals surface area contributed by atoms with Crippen LogP contribution in [-0.4, -0.2) is 10.8 Å². The summed E-state index contributed by atoms with van der Waals surface area (Å²) in [6.07, 6.45) is 3.89. The number of benzene rings is 3. The van der Waals surface area contributed by atoms with Gasteiger partial charge in [-0.2, -0.15) is 0 Å². The van der Waals surface area contributed by atoms with E-state index in [-0.39, 0.29) is 11.6 Å². The van der Waals surface area contributed by atoms with E-state index in [0.29, 0.717) is 12.2 Å². The fraction of sp³-hybridized carbons (Fsp3) is 0.0870. The number of anilines is 1. The summed E-state index contributed by atoms with van der Waals surface area (Å²) in [5, 5.41) is 11.2. The molecule has 1 heterocycles. The SMILES string of the molecule is CC(=O)N1Cc2cc(-c3ccccc3)ccc2/C=C\c2ccc([N+](=O)[O-])cc21. The van der Waals surface area contributed by atoms with Gasteiger partial charge in [0, 0.05) is 19.1 Å². The van der Waals surface area contributed by atoms with Crippen LogP contribution in [0.2, 0.25) is 0 Å². The molecule has 0 atom stereocenters. The van der Waals surface area contributed by atoms with Crippen LogP contribution in [0.1, 0.15) is 23.6 Å². The van der Waals surface area contributed by atoms with Crippen LogP contribution in [0.15, 0.2) is 66.7 Å². The third-order valence-electron chi connectivity index (χ3n) is 4.92. The lowest BCUT2D eigenvalue weighted by Gasteiger charge is -2.26. The van der Waals surface area contributed by atoms with Crippen molar-refractivity contribution >= 4 is 29.4 Å². The van der Waals surface area contributed by atoms with Crippen molar-refractivity contribution in [3.8, 4) is 11.1 Å². The van der Waals surface area contributed by atoms with Crippen molar-refractivity contribution in [2.75, 3.05) is 4.90 Å². The summed E-state index contributed by atoms with van der Waals surface area (Å²) in [6, 6.07) is 20.8. The van der Waals surface area contributed by atoms with Gasteiger partial charge >= 0.3 is 0 Å². The molecule has 0 fully saturated rings. The normalized spacial score (nSPS) is 13.7. The number of amides is 1. The second-order valence-corrected chi connectivity index (χ2v) is 6.72. The highest BCUT2D eigenvalue weighted by molar-refractivity contribution is 5.96. The van der Waals surface area contributed by atoms with Gasteiger partial charge in [-0.15, -0.1) is 0 Å². The third-order valence-corrected chi connectivity index (χ3v) is 4.92. The summed E-state index contributed by atoms with van der Waals surface area (Å²) < 4.78 is 0. The molecular weight excluding hydrogens is 352 g/mol. The Kier molecular flexibility index (Phi) is 4.49. The molecule has 5 nitrogen and oxygen atoms in total. The van der Waals surface area contributed by atoms with Crippen molar-refractivity contribution in [1.82, 2.24) is 0 Å². The first-order valence-electron chi connectivity index (χ1n) is 8.96. The largest absolute Gasteiger partial charge is 0.307 e. The smallest absolute Gasteiger partial charge is 0.271 e. The van der Waals surface area contributed by atoms with Gasteiger partial charge in [0.2, 0.25) is 5.91 Å². The van der Waals surface area contributed by atoms with Crippen molar-refractivity contribution in [2.45, 2.75) is 13.5 Å². The molecule has 0 unspecified atom stereocenters. The predicted octanol–water partition coefficient (Wildman–Crippen LogP) is 5.30. The minimum Gasteiger partial charge on any atom is -0.307 e. The Morgan fingerprint density at radius 1 is 0.929 bits per heavy atom. The molecule has 1 aliphatic heterocycles. The van der Waals surface area contributed by atoms with Crippen LogP contribution in [0.5, 0.6) is 0 Å². The minimum absolute atomic E-state index is 0.0303. The van der Waals surface area contributed by atoms with Crippen molar-refractivity contribution < 1.29 is 9.72 Å². The van der Waals surface area contributed by atoms with Crippen molar-refractivity contribution in [3.63, 3.8) is 0 Å². The third kappa shape index (κ3) is 3.30. The van der Waals surface area contributed by atoms with Gasteiger partial charge in [-0.25, -0.2) is 0 Å². The monoisotopic (exact) mass is 370 g/mol. The van der Waals surface area contributed by atoms with Crippen LogP contribution in [0.3, 0.4) is 0 Å². The number of nitro benzene ring substituents is 1. The number of nitro groups is 1. The Hall–Kier alpha value is -3.73. The lowest BCUT2D eigenvalue weighted by atomic mass is 9.96. The van der Waals surface area contributed by atoms with Crippen LogP contribution in [-0.2, 0) is 11.3 Å². The highest BCUT2D eigenvalue weighted by Crippen LogP contribution is 2.33. The Morgan fingerprint density at radius 3 is 2.36 bits per heavy atom. The van der Waals surface area contributed by atoms with Crippen LogP contribution < -0.4 is 4.90 Å². The van der Waals surface area contributed by atoms with Gasteiger partial charge in [0.15, 0.2) is 0 Å². The fourth-order valence-electron chi connectivity index (χ4n) is 3.45. The van der Waals surface area contributed by atoms with E-state index < -0.39 is 4.92 Å². The van der Waals surface area contributed by atoms with Gasteiger partial charge in [0.1, 0.15) is 0 Å². The van der Waals surface area contributed by atoms with Crippen molar-refractivity contribution in [1.29, 1.82) is 0 Å². The van der Waals surface area contributed by atoms with Gasteiger partial charge in [0.25, 0.3) is 5.69 Å². The van der Waals surface area contributed by atoms with E-state index in [4.69, 9.17) is 0 Å². The number of carbonyl (C=O) groups excluding carboxylic acids is 1. The summed E-state index contributed by atoms with van der Waals surface area (Å²) in [7, 11) is 0. The van der Waals surface area contributed by atoms with Gasteiger partial charge in [-0.05, 0) is 39.9 Å². The molecule has 0 radical (unpaired) electrons. The molecule has 0 aliphatic carbocycles. The molecular formula is C23H18N2O3. The first-order chi connectivity index (χ1) is 13.5. The lowest BCUT2D eigenvalue weighted by molar-refractivity contribution is -0.384. The highest BCUT2D eigenvalue weighted by atomic mass is 16.6. The molecule has 4 rings (SSSR count). The lowest BCUT2D eigenvalue weighted by Crippen LogP contribution is -2.29. The first-order valence-corrected chi connectivity index (χ1v) is 8.96. The molecule has 5 heteroatoms. The number of hydrogen-bond acceptors (Lipinski definition) is 3. The van der Waals surface area contributed by atoms with Crippen molar-refractivity contribution in [3.05, 3.63) is 93.5 Å². The first kappa shape index (κ1) is 17.7. The summed E-state index contributed by atoms with van der Waals surface area (Å²) >= 11 is 0. The van der Waals surface area contributed by atoms with Gasteiger partial charge in [-0.1, -0.05) is 54.6 Å². The zero-order chi connectivity index (χ0) is 19.7. The van der Waals surface area contributed by atoms with E-state index in [1.807, 2.05) is 48.6 Å². The van der Waals surface area contributed by atoms with Crippen LogP contribution >= 0.6 is 0 Å². The molecule has 0 saturated heterocycles. The summed E-state index contributed by atoms with van der Waals surface area (Å²) in [4.78, 5) is 24.8. The summed E-state index contributed by atoms with van der Waals surface area (Å²) in [5.74, 6) is -0.159. The molecule has 28 heavy (non-hydrogen) atoms. The zero-order valence-electron chi connectivity index (χ0n) is 15.3.